The van der Waals surface area contributed by atoms with Crippen LogP contribution in [0.1, 0.15) is 43.0 Å². The number of carbonyl (C=O) groups is 2. The molecule has 9 heteroatoms. The first-order chi connectivity index (χ1) is 21.2. The molecule has 0 fully saturated rings. The SMILES string of the molecule is Cc1ccc(N(CC(=O)N(Cc2ccc(F)cc2)C(Cc2ccccc2)C(=O)NC(C)(C)C)S(=O)(=O)c2ccc(C)cc2)cc1. The largest absolute Gasteiger partial charge is 0.350 e. The molecule has 4 rings (SSSR count). The van der Waals surface area contributed by atoms with Crippen molar-refractivity contribution in [2.45, 2.75) is 64.1 Å². The molecule has 0 bridgehead atoms. The first kappa shape index (κ1) is 33.4. The van der Waals surface area contributed by atoms with Crippen molar-refractivity contribution in [1.29, 1.82) is 0 Å². The third-order valence-electron chi connectivity index (χ3n) is 7.25. The fourth-order valence-corrected chi connectivity index (χ4v) is 6.28. The minimum Gasteiger partial charge on any atom is -0.350 e. The van der Waals surface area contributed by atoms with Crippen LogP contribution in [0.25, 0.3) is 0 Å². The van der Waals surface area contributed by atoms with Gasteiger partial charge in [0.2, 0.25) is 11.8 Å². The molecule has 4 aromatic rings. The maximum atomic E-state index is 14.5. The molecule has 4 aromatic carbocycles. The van der Waals surface area contributed by atoms with E-state index in [-0.39, 0.29) is 23.8 Å². The molecule has 1 atom stereocenters. The average molecular weight is 630 g/mol. The highest BCUT2D eigenvalue weighted by Crippen LogP contribution is 2.26. The fourth-order valence-electron chi connectivity index (χ4n) is 4.87. The van der Waals surface area contributed by atoms with Gasteiger partial charge in [0.25, 0.3) is 10.0 Å². The summed E-state index contributed by atoms with van der Waals surface area (Å²) < 4.78 is 43.1. The monoisotopic (exact) mass is 629 g/mol. The molecule has 0 aliphatic heterocycles. The van der Waals surface area contributed by atoms with Gasteiger partial charge in [0.05, 0.1) is 10.6 Å². The summed E-state index contributed by atoms with van der Waals surface area (Å²) in [7, 11) is -4.19. The second kappa shape index (κ2) is 14.1. The zero-order valence-electron chi connectivity index (χ0n) is 26.3. The van der Waals surface area contributed by atoms with E-state index in [9.17, 15) is 22.4 Å². The topological polar surface area (TPSA) is 86.8 Å². The third-order valence-corrected chi connectivity index (χ3v) is 9.03. The minimum absolute atomic E-state index is 0.0397. The van der Waals surface area contributed by atoms with Crippen molar-refractivity contribution in [2.75, 3.05) is 10.8 Å². The molecule has 0 saturated heterocycles. The van der Waals surface area contributed by atoms with E-state index in [2.05, 4.69) is 5.32 Å². The standard InChI is InChI=1S/C36H40FN3O4S/c1-26-11-19-31(20-12-26)40(45(43,44)32-21-13-27(2)14-22-32)25-34(41)39(24-29-15-17-30(37)18-16-29)33(35(42)38-36(3,4)5)23-28-9-7-6-8-10-28/h6-22,33H,23-25H2,1-5H3,(H,38,42). The van der Waals surface area contributed by atoms with E-state index in [1.165, 1.54) is 29.2 Å². The van der Waals surface area contributed by atoms with Gasteiger partial charge in [-0.15, -0.1) is 0 Å². The number of aryl methyl sites for hydroxylation is 2. The Hall–Kier alpha value is -4.50. The van der Waals surface area contributed by atoms with Crippen molar-refractivity contribution in [1.82, 2.24) is 10.2 Å². The Morgan fingerprint density at radius 1 is 0.778 bits per heavy atom. The summed E-state index contributed by atoms with van der Waals surface area (Å²) >= 11 is 0. The third kappa shape index (κ3) is 9.01. The highest BCUT2D eigenvalue weighted by Gasteiger charge is 2.35. The lowest BCUT2D eigenvalue weighted by Crippen LogP contribution is -2.56. The van der Waals surface area contributed by atoms with Gasteiger partial charge < -0.3 is 10.2 Å². The number of nitrogens with zero attached hydrogens (tertiary/aromatic N) is 2. The zero-order valence-corrected chi connectivity index (χ0v) is 27.1. The lowest BCUT2D eigenvalue weighted by Gasteiger charge is -2.35. The number of carbonyl (C=O) groups excluding carboxylic acids is 2. The molecule has 0 aromatic heterocycles. The van der Waals surface area contributed by atoms with E-state index in [0.717, 1.165) is 21.0 Å². The van der Waals surface area contributed by atoms with Gasteiger partial charge in [-0.3, -0.25) is 13.9 Å². The molecule has 45 heavy (non-hydrogen) atoms. The van der Waals surface area contributed by atoms with Crippen LogP contribution in [0.4, 0.5) is 10.1 Å². The molecule has 0 aliphatic rings. The van der Waals surface area contributed by atoms with E-state index in [4.69, 9.17) is 0 Å². The second-order valence-corrected chi connectivity index (χ2v) is 14.1. The smallest absolute Gasteiger partial charge is 0.264 e. The molecule has 1 unspecified atom stereocenters. The Balaban J connectivity index is 1.81. The molecule has 0 saturated carbocycles. The van der Waals surface area contributed by atoms with Crippen LogP contribution in [0.2, 0.25) is 0 Å². The first-order valence-corrected chi connectivity index (χ1v) is 16.2. The summed E-state index contributed by atoms with van der Waals surface area (Å²) in [4.78, 5) is 29.8. The Morgan fingerprint density at radius 3 is 1.89 bits per heavy atom. The van der Waals surface area contributed by atoms with E-state index in [1.807, 2.05) is 65.0 Å². The summed E-state index contributed by atoms with van der Waals surface area (Å²) in [5.41, 5.74) is 2.96. The van der Waals surface area contributed by atoms with Gasteiger partial charge in [-0.1, -0.05) is 77.9 Å². The molecule has 0 radical (unpaired) electrons. The molecule has 2 amide bonds. The van der Waals surface area contributed by atoms with E-state index in [1.54, 1.807) is 48.5 Å². The Kier molecular flexibility index (Phi) is 10.4. The van der Waals surface area contributed by atoms with Gasteiger partial charge in [-0.2, -0.15) is 0 Å². The van der Waals surface area contributed by atoms with Crippen LogP contribution in [0.5, 0.6) is 0 Å². The van der Waals surface area contributed by atoms with Crippen molar-refractivity contribution in [3.8, 4) is 0 Å². The molecule has 0 spiro atoms. The highest BCUT2D eigenvalue weighted by molar-refractivity contribution is 7.92. The van der Waals surface area contributed by atoms with Crippen molar-refractivity contribution in [2.24, 2.45) is 0 Å². The number of benzene rings is 4. The van der Waals surface area contributed by atoms with Crippen molar-refractivity contribution in [3.63, 3.8) is 0 Å². The maximum absolute atomic E-state index is 14.5. The van der Waals surface area contributed by atoms with Gasteiger partial charge in [0.1, 0.15) is 18.4 Å². The number of sulfonamides is 1. The summed E-state index contributed by atoms with van der Waals surface area (Å²) in [5.74, 6) is -1.40. The summed E-state index contributed by atoms with van der Waals surface area (Å²) in [6.45, 7) is 8.70. The van der Waals surface area contributed by atoms with Crippen LogP contribution in [-0.2, 0) is 32.6 Å². The lowest BCUT2D eigenvalue weighted by molar-refractivity contribution is -0.140. The average Bonchev–Trinajstić information content (AvgIpc) is 2.99. The van der Waals surface area contributed by atoms with E-state index in [0.29, 0.717) is 11.3 Å². The number of hydrogen-bond donors (Lipinski definition) is 1. The molecule has 0 aliphatic carbocycles. The van der Waals surface area contributed by atoms with Gasteiger partial charge in [-0.25, -0.2) is 12.8 Å². The molecule has 1 N–H and O–H groups in total. The number of anilines is 1. The maximum Gasteiger partial charge on any atom is 0.264 e. The lowest BCUT2D eigenvalue weighted by atomic mass is 10.0. The summed E-state index contributed by atoms with van der Waals surface area (Å²) in [6, 6.07) is 27.3. The molecule has 7 nitrogen and oxygen atoms in total. The number of nitrogens with one attached hydrogen (secondary N) is 1. The number of amides is 2. The number of rotatable bonds is 11. The fraction of sp³-hybridized carbons (Fsp3) is 0.278. The van der Waals surface area contributed by atoms with Crippen molar-refractivity contribution in [3.05, 3.63) is 131 Å². The molecular weight excluding hydrogens is 589 g/mol. The van der Waals surface area contributed by atoms with Crippen molar-refractivity contribution >= 4 is 27.5 Å². The Morgan fingerprint density at radius 2 is 1.33 bits per heavy atom. The molecule has 236 valence electrons. The second-order valence-electron chi connectivity index (χ2n) is 12.3. The van der Waals surface area contributed by atoms with Gasteiger partial charge >= 0.3 is 0 Å². The van der Waals surface area contributed by atoms with Crippen LogP contribution in [-0.4, -0.2) is 43.3 Å². The zero-order chi connectivity index (χ0) is 32.8. The van der Waals surface area contributed by atoms with Gasteiger partial charge in [-0.05, 0) is 82.1 Å². The minimum atomic E-state index is -4.19. The molecule has 0 heterocycles. The first-order valence-electron chi connectivity index (χ1n) is 14.8. The quantitative estimate of drug-likeness (QED) is 0.214. The van der Waals surface area contributed by atoms with Crippen LogP contribution >= 0.6 is 0 Å². The van der Waals surface area contributed by atoms with Gasteiger partial charge in [0, 0.05) is 18.5 Å². The predicted octanol–water partition coefficient (Wildman–Crippen LogP) is 6.19. The van der Waals surface area contributed by atoms with E-state index < -0.39 is 39.9 Å². The van der Waals surface area contributed by atoms with Gasteiger partial charge in [0.15, 0.2) is 0 Å². The highest BCUT2D eigenvalue weighted by atomic mass is 32.2. The molecular formula is C36H40FN3O4S. The van der Waals surface area contributed by atoms with Crippen molar-refractivity contribution < 1.29 is 22.4 Å². The number of hydrogen-bond acceptors (Lipinski definition) is 4. The Labute approximate surface area is 265 Å². The predicted molar refractivity (Wildman–Crippen MR) is 176 cm³/mol. The van der Waals surface area contributed by atoms with E-state index >= 15 is 0 Å². The summed E-state index contributed by atoms with van der Waals surface area (Å²) in [6.07, 6.45) is 0.185. The number of halogens is 1. The van der Waals surface area contributed by atoms with Crippen LogP contribution in [0.15, 0.2) is 108 Å². The van der Waals surface area contributed by atoms with Crippen LogP contribution in [0.3, 0.4) is 0 Å². The normalized spacial score (nSPS) is 12.3. The Bertz CT molecular complexity index is 1700. The van der Waals surface area contributed by atoms with Crippen LogP contribution in [0, 0.1) is 19.7 Å². The van der Waals surface area contributed by atoms with Crippen LogP contribution < -0.4 is 9.62 Å². The summed E-state index contributed by atoms with van der Waals surface area (Å²) in [5, 5.41) is 3.00.